The van der Waals surface area contributed by atoms with Gasteiger partial charge in [-0.1, -0.05) is 34.1 Å². The van der Waals surface area contributed by atoms with Gasteiger partial charge in [0.05, 0.1) is 11.8 Å². The standard InChI is InChI=1S/C18H15BrN2O3/c19-9-3-1-2-8(6-9)16(22)20-21-17(23)14-10-4-5-11(13-7-12(10)13)15(14)18(21)24/h1-6,10-15H,7H2,(H,20,22)/t10-,11-,12-,13+,14-,15+/m1/s1. The van der Waals surface area contributed by atoms with Crippen molar-refractivity contribution in [1.29, 1.82) is 0 Å². The van der Waals surface area contributed by atoms with Gasteiger partial charge in [-0.2, -0.15) is 5.01 Å². The van der Waals surface area contributed by atoms with Gasteiger partial charge in [-0.15, -0.1) is 0 Å². The lowest BCUT2D eigenvalue weighted by atomic mass is 9.63. The van der Waals surface area contributed by atoms with Crippen LogP contribution in [0.5, 0.6) is 0 Å². The lowest BCUT2D eigenvalue weighted by Gasteiger charge is -2.37. The second kappa shape index (κ2) is 4.79. The normalized spacial score (nSPS) is 38.1. The highest BCUT2D eigenvalue weighted by atomic mass is 79.9. The van der Waals surface area contributed by atoms with E-state index in [-0.39, 0.29) is 35.5 Å². The van der Waals surface area contributed by atoms with E-state index >= 15 is 0 Å². The van der Waals surface area contributed by atoms with Gasteiger partial charge >= 0.3 is 0 Å². The summed E-state index contributed by atoms with van der Waals surface area (Å²) in [6.07, 6.45) is 5.36. The van der Waals surface area contributed by atoms with Crippen LogP contribution in [0.4, 0.5) is 0 Å². The van der Waals surface area contributed by atoms with Gasteiger partial charge in [0.2, 0.25) is 0 Å². The number of nitrogens with zero attached hydrogens (tertiary/aromatic N) is 1. The van der Waals surface area contributed by atoms with Crippen LogP contribution in [-0.4, -0.2) is 22.7 Å². The molecular weight excluding hydrogens is 372 g/mol. The van der Waals surface area contributed by atoms with E-state index in [0.29, 0.717) is 17.4 Å². The summed E-state index contributed by atoms with van der Waals surface area (Å²) in [5, 5.41) is 0.969. The fourth-order valence-corrected chi connectivity index (χ4v) is 5.26. The van der Waals surface area contributed by atoms with Crippen molar-refractivity contribution < 1.29 is 14.4 Å². The number of hydrogen-bond donors (Lipinski definition) is 1. The van der Waals surface area contributed by atoms with Crippen LogP contribution >= 0.6 is 15.9 Å². The van der Waals surface area contributed by atoms with Gasteiger partial charge in [0, 0.05) is 10.0 Å². The van der Waals surface area contributed by atoms with Crippen molar-refractivity contribution in [3.8, 4) is 0 Å². The van der Waals surface area contributed by atoms with E-state index in [1.807, 2.05) is 6.07 Å². The van der Waals surface area contributed by atoms with Gasteiger partial charge in [0.25, 0.3) is 17.7 Å². The highest BCUT2D eigenvalue weighted by Gasteiger charge is 2.67. The molecule has 0 unspecified atom stereocenters. The molecule has 0 aromatic heterocycles. The first-order valence-electron chi connectivity index (χ1n) is 8.19. The first-order chi connectivity index (χ1) is 11.6. The molecule has 0 radical (unpaired) electrons. The van der Waals surface area contributed by atoms with Crippen molar-refractivity contribution in [2.75, 3.05) is 0 Å². The molecule has 1 aromatic carbocycles. The third kappa shape index (κ3) is 1.83. The Morgan fingerprint density at radius 2 is 1.71 bits per heavy atom. The molecule has 5 nitrogen and oxygen atoms in total. The quantitative estimate of drug-likeness (QED) is 0.625. The number of carbonyl (C=O) groups is 3. The fraction of sp³-hybridized carbons (Fsp3) is 0.389. The largest absolute Gasteiger partial charge is 0.272 e. The number of halogens is 1. The van der Waals surface area contributed by atoms with Crippen molar-refractivity contribution in [3.63, 3.8) is 0 Å². The van der Waals surface area contributed by atoms with Gasteiger partial charge < -0.3 is 0 Å². The van der Waals surface area contributed by atoms with E-state index in [1.165, 1.54) is 0 Å². The number of hydrazine groups is 1. The summed E-state index contributed by atoms with van der Waals surface area (Å²) in [5.74, 6) is -0.0998. The molecule has 6 heteroatoms. The maximum absolute atomic E-state index is 12.8. The Morgan fingerprint density at radius 1 is 1.08 bits per heavy atom. The lowest BCUT2D eigenvalue weighted by Crippen LogP contribution is -2.46. The zero-order valence-corrected chi connectivity index (χ0v) is 14.3. The third-order valence-electron chi connectivity index (χ3n) is 5.96. The van der Waals surface area contributed by atoms with E-state index in [1.54, 1.807) is 18.2 Å². The second-order valence-electron chi connectivity index (χ2n) is 7.12. The van der Waals surface area contributed by atoms with E-state index < -0.39 is 5.91 Å². The Hall–Kier alpha value is -1.95. The smallest absolute Gasteiger partial charge is 0.270 e. The lowest BCUT2D eigenvalue weighted by molar-refractivity contribution is -0.143. The molecule has 1 N–H and O–H groups in total. The minimum atomic E-state index is -0.442. The van der Waals surface area contributed by atoms with Crippen LogP contribution in [0.25, 0.3) is 0 Å². The highest BCUT2D eigenvalue weighted by Crippen LogP contribution is 2.65. The number of allylic oxidation sites excluding steroid dienone is 2. The molecule has 2 bridgehead atoms. The maximum Gasteiger partial charge on any atom is 0.270 e. The van der Waals surface area contributed by atoms with Crippen molar-refractivity contribution in [1.82, 2.24) is 10.4 Å². The Kier molecular flexibility index (Phi) is 2.87. The number of imide groups is 1. The molecule has 4 aliphatic carbocycles. The summed E-state index contributed by atoms with van der Waals surface area (Å²) in [5.41, 5.74) is 2.93. The molecule has 5 aliphatic rings. The average Bonchev–Trinajstić information content (AvgIpc) is 3.36. The van der Waals surface area contributed by atoms with Crippen LogP contribution in [0.15, 0.2) is 40.9 Å². The number of hydrogen-bond acceptors (Lipinski definition) is 3. The Labute approximate surface area is 147 Å². The molecule has 6 atom stereocenters. The van der Waals surface area contributed by atoms with Crippen LogP contribution < -0.4 is 5.43 Å². The zero-order valence-electron chi connectivity index (χ0n) is 12.7. The van der Waals surface area contributed by atoms with Crippen LogP contribution in [0.1, 0.15) is 16.8 Å². The maximum atomic E-state index is 12.8. The molecule has 3 fully saturated rings. The molecule has 6 rings (SSSR count). The van der Waals surface area contributed by atoms with E-state index in [0.717, 1.165) is 15.9 Å². The first kappa shape index (κ1) is 14.4. The summed E-state index contributed by atoms with van der Waals surface area (Å²) in [4.78, 5) is 38.0. The molecule has 1 saturated heterocycles. The van der Waals surface area contributed by atoms with Crippen molar-refractivity contribution in [2.45, 2.75) is 6.42 Å². The summed E-state index contributed by atoms with van der Waals surface area (Å²) in [6, 6.07) is 6.86. The fourth-order valence-electron chi connectivity index (χ4n) is 4.86. The SMILES string of the molecule is O=C(NN1C(=O)[C@@H]2[C@@H]3C=C[C@H]([C@@H]4C[C@H]34)[C@@H]2C1=O)c1cccc(Br)c1. The molecule has 24 heavy (non-hydrogen) atoms. The van der Waals surface area contributed by atoms with E-state index in [4.69, 9.17) is 0 Å². The Bertz CT molecular complexity index is 784. The molecule has 1 aliphatic heterocycles. The van der Waals surface area contributed by atoms with Gasteiger partial charge in [0.1, 0.15) is 0 Å². The number of carbonyl (C=O) groups excluding carboxylic acids is 3. The average molecular weight is 387 g/mol. The van der Waals surface area contributed by atoms with E-state index in [9.17, 15) is 14.4 Å². The van der Waals surface area contributed by atoms with Crippen LogP contribution in [0.3, 0.4) is 0 Å². The van der Waals surface area contributed by atoms with Crippen molar-refractivity contribution in [3.05, 3.63) is 46.5 Å². The highest BCUT2D eigenvalue weighted by molar-refractivity contribution is 9.10. The van der Waals surface area contributed by atoms with Gasteiger partial charge in [0.15, 0.2) is 0 Å². The van der Waals surface area contributed by atoms with Crippen molar-refractivity contribution >= 4 is 33.7 Å². The molecular formula is C18H15BrN2O3. The number of nitrogens with one attached hydrogen (secondary N) is 1. The number of benzene rings is 1. The van der Waals surface area contributed by atoms with Gasteiger partial charge in [-0.05, 0) is 48.3 Å². The van der Waals surface area contributed by atoms with Gasteiger partial charge in [-0.25, -0.2) is 0 Å². The molecule has 122 valence electrons. The Balaban J connectivity index is 1.41. The third-order valence-corrected chi connectivity index (χ3v) is 6.46. The van der Waals surface area contributed by atoms with Crippen LogP contribution in [-0.2, 0) is 9.59 Å². The molecule has 1 heterocycles. The monoisotopic (exact) mass is 386 g/mol. The molecule has 1 aromatic rings. The zero-order chi connectivity index (χ0) is 16.6. The van der Waals surface area contributed by atoms with Crippen molar-refractivity contribution in [2.24, 2.45) is 35.5 Å². The first-order valence-corrected chi connectivity index (χ1v) is 8.98. The number of amides is 3. The molecule has 0 spiro atoms. The second-order valence-corrected chi connectivity index (χ2v) is 8.03. The minimum Gasteiger partial charge on any atom is -0.272 e. The summed E-state index contributed by atoms with van der Waals surface area (Å²) >= 11 is 3.32. The molecule has 2 saturated carbocycles. The predicted octanol–water partition coefficient (Wildman–Crippen LogP) is 2.15. The minimum absolute atomic E-state index is 0.161. The Morgan fingerprint density at radius 3 is 2.29 bits per heavy atom. The van der Waals surface area contributed by atoms with Crippen LogP contribution in [0.2, 0.25) is 0 Å². The number of rotatable bonds is 2. The topological polar surface area (TPSA) is 66.5 Å². The predicted molar refractivity (Wildman–Crippen MR) is 88.2 cm³/mol. The summed E-state index contributed by atoms with van der Waals surface area (Å²) in [6.45, 7) is 0. The summed E-state index contributed by atoms with van der Waals surface area (Å²) in [7, 11) is 0. The van der Waals surface area contributed by atoms with E-state index in [2.05, 4.69) is 33.5 Å². The van der Waals surface area contributed by atoms with Crippen LogP contribution in [0, 0.1) is 35.5 Å². The molecule has 3 amide bonds. The van der Waals surface area contributed by atoms with Gasteiger partial charge in [-0.3, -0.25) is 19.8 Å². The summed E-state index contributed by atoms with van der Waals surface area (Å²) < 4.78 is 0.769.